The summed E-state index contributed by atoms with van der Waals surface area (Å²) in [7, 11) is 0. The number of nitrogens with one attached hydrogen (secondary N) is 1. The lowest BCUT2D eigenvalue weighted by Gasteiger charge is -2.13. The molecule has 0 saturated heterocycles. The molecule has 136 valence electrons. The second-order valence-electron chi connectivity index (χ2n) is 5.42. The molecule has 0 saturated carbocycles. The third kappa shape index (κ3) is 3.37. The fourth-order valence-corrected chi connectivity index (χ4v) is 2.47. The predicted octanol–water partition coefficient (Wildman–Crippen LogP) is 5.66. The predicted molar refractivity (Wildman–Crippen MR) is 83.7 cm³/mol. The molecule has 1 heterocycles. The first-order valence-corrected chi connectivity index (χ1v) is 7.19. The molecule has 0 amide bonds. The van der Waals surface area contributed by atoms with Crippen LogP contribution in [0.15, 0.2) is 47.5 Å². The molecule has 0 aliphatic carbocycles. The van der Waals surface area contributed by atoms with Crippen molar-refractivity contribution >= 4 is 22.8 Å². The van der Waals surface area contributed by atoms with Crippen LogP contribution in [-0.4, -0.2) is 16.3 Å². The Bertz CT molecular complexity index is 985. The highest BCUT2D eigenvalue weighted by Gasteiger charge is 2.37. The molecule has 0 aliphatic heterocycles. The van der Waals surface area contributed by atoms with Crippen LogP contribution >= 0.6 is 0 Å². The molecule has 0 bridgehead atoms. The highest BCUT2D eigenvalue weighted by atomic mass is 19.4. The molecule has 0 aliphatic rings. The second-order valence-corrected chi connectivity index (χ2v) is 5.42. The number of hydrogen-bond donors (Lipinski definition) is 2. The minimum absolute atomic E-state index is 0.0751. The molecule has 0 atom stereocenters. The number of para-hydroxylation sites is 1. The van der Waals surface area contributed by atoms with Crippen molar-refractivity contribution in [1.29, 1.82) is 0 Å². The standard InChI is InChI=1S/C17H10F6N2O/c18-16(19,20)9-5-6-12(17(21,22)23)14(7-9)24-8-11-10-3-1-2-4-13(10)25-15(11)26/h1-8,25-26H. The number of rotatable bonds is 2. The number of hydrogen-bond acceptors (Lipinski definition) is 2. The number of aromatic nitrogens is 1. The smallest absolute Gasteiger partial charge is 0.418 e. The average Bonchev–Trinajstić information content (AvgIpc) is 2.86. The van der Waals surface area contributed by atoms with Gasteiger partial charge in [0, 0.05) is 17.1 Å². The molecule has 2 N–H and O–H groups in total. The number of benzene rings is 2. The molecular formula is C17H10F6N2O. The molecule has 3 nitrogen and oxygen atoms in total. The highest BCUT2D eigenvalue weighted by Crippen LogP contribution is 2.40. The first kappa shape index (κ1) is 17.8. The molecule has 3 rings (SSSR count). The van der Waals surface area contributed by atoms with Gasteiger partial charge in [0.05, 0.1) is 22.4 Å². The van der Waals surface area contributed by atoms with E-state index in [1.807, 2.05) is 0 Å². The summed E-state index contributed by atoms with van der Waals surface area (Å²) in [6.07, 6.45) is -8.78. The molecule has 0 fully saturated rings. The SMILES string of the molecule is Oc1[nH]c2ccccc2c1C=Nc1cc(C(F)(F)F)ccc1C(F)(F)F. The number of halogens is 6. The summed E-state index contributed by atoms with van der Waals surface area (Å²) in [5.74, 6) is -0.351. The highest BCUT2D eigenvalue weighted by molar-refractivity contribution is 6.02. The van der Waals surface area contributed by atoms with Crippen molar-refractivity contribution in [1.82, 2.24) is 4.98 Å². The van der Waals surface area contributed by atoms with Crippen molar-refractivity contribution in [3.63, 3.8) is 0 Å². The molecule has 9 heteroatoms. The molecular weight excluding hydrogens is 362 g/mol. The molecule has 0 spiro atoms. The maximum Gasteiger partial charge on any atom is 0.418 e. The monoisotopic (exact) mass is 372 g/mol. The fourth-order valence-electron chi connectivity index (χ4n) is 2.47. The summed E-state index contributed by atoms with van der Waals surface area (Å²) in [6.45, 7) is 0. The Labute approximate surface area is 142 Å². The average molecular weight is 372 g/mol. The maximum absolute atomic E-state index is 13.1. The lowest BCUT2D eigenvalue weighted by molar-refractivity contribution is -0.140. The Hall–Kier alpha value is -2.97. The second kappa shape index (κ2) is 6.08. The van der Waals surface area contributed by atoms with E-state index in [-0.39, 0.29) is 11.4 Å². The van der Waals surface area contributed by atoms with E-state index in [0.717, 1.165) is 6.21 Å². The lowest BCUT2D eigenvalue weighted by Crippen LogP contribution is -2.09. The molecule has 2 aromatic carbocycles. The first-order chi connectivity index (χ1) is 12.1. The van der Waals surface area contributed by atoms with E-state index in [0.29, 0.717) is 29.1 Å². The third-order valence-corrected chi connectivity index (χ3v) is 3.69. The van der Waals surface area contributed by atoms with Crippen LogP contribution in [0.2, 0.25) is 0 Å². The summed E-state index contributed by atoms with van der Waals surface area (Å²) in [4.78, 5) is 6.18. The van der Waals surface area contributed by atoms with Crippen LogP contribution in [0.4, 0.5) is 32.0 Å². The van der Waals surface area contributed by atoms with E-state index in [4.69, 9.17) is 0 Å². The minimum atomic E-state index is -4.88. The van der Waals surface area contributed by atoms with Gasteiger partial charge in [0.25, 0.3) is 0 Å². The van der Waals surface area contributed by atoms with E-state index < -0.39 is 29.2 Å². The lowest BCUT2D eigenvalue weighted by atomic mass is 10.1. The topological polar surface area (TPSA) is 48.4 Å². The fraction of sp³-hybridized carbons (Fsp3) is 0.118. The molecule has 3 aromatic rings. The van der Waals surface area contributed by atoms with Gasteiger partial charge in [-0.1, -0.05) is 18.2 Å². The molecule has 0 unspecified atom stereocenters. The number of fused-ring (bicyclic) bond motifs is 1. The van der Waals surface area contributed by atoms with Gasteiger partial charge >= 0.3 is 12.4 Å². The van der Waals surface area contributed by atoms with E-state index in [2.05, 4.69) is 9.98 Å². The van der Waals surface area contributed by atoms with Crippen molar-refractivity contribution in [3.8, 4) is 5.88 Å². The van der Waals surface area contributed by atoms with E-state index >= 15 is 0 Å². The van der Waals surface area contributed by atoms with E-state index in [9.17, 15) is 31.4 Å². The van der Waals surface area contributed by atoms with Crippen LogP contribution < -0.4 is 0 Å². The summed E-state index contributed by atoms with van der Waals surface area (Å²) in [5, 5.41) is 10.3. The Balaban J connectivity index is 2.13. The van der Waals surface area contributed by atoms with Crippen molar-refractivity contribution in [2.45, 2.75) is 12.4 Å². The zero-order chi connectivity index (χ0) is 19.1. The third-order valence-electron chi connectivity index (χ3n) is 3.69. The Kier molecular flexibility index (Phi) is 4.17. The van der Waals surface area contributed by atoms with Crippen molar-refractivity contribution in [2.24, 2.45) is 4.99 Å². The van der Waals surface area contributed by atoms with Gasteiger partial charge in [0.2, 0.25) is 0 Å². The van der Waals surface area contributed by atoms with Gasteiger partial charge in [0.15, 0.2) is 5.88 Å². The van der Waals surface area contributed by atoms with Crippen LogP contribution in [-0.2, 0) is 12.4 Å². The van der Waals surface area contributed by atoms with Crippen LogP contribution in [0.3, 0.4) is 0 Å². The van der Waals surface area contributed by atoms with Gasteiger partial charge in [-0.15, -0.1) is 0 Å². The van der Waals surface area contributed by atoms with Crippen LogP contribution in [0.5, 0.6) is 5.88 Å². The number of nitrogens with zero attached hydrogens (tertiary/aromatic N) is 1. The Morgan fingerprint density at radius 1 is 0.923 bits per heavy atom. The first-order valence-electron chi connectivity index (χ1n) is 7.19. The summed E-state index contributed by atoms with van der Waals surface area (Å²) < 4.78 is 77.6. The van der Waals surface area contributed by atoms with Gasteiger partial charge in [-0.25, -0.2) is 0 Å². The molecule has 26 heavy (non-hydrogen) atoms. The van der Waals surface area contributed by atoms with E-state index in [1.54, 1.807) is 24.3 Å². The largest absolute Gasteiger partial charge is 0.494 e. The quantitative estimate of drug-likeness (QED) is 0.442. The zero-order valence-electron chi connectivity index (χ0n) is 12.8. The number of aromatic hydroxyl groups is 1. The zero-order valence-corrected chi connectivity index (χ0v) is 12.8. The Morgan fingerprint density at radius 3 is 2.27 bits per heavy atom. The number of alkyl halides is 6. The van der Waals surface area contributed by atoms with Crippen LogP contribution in [0.25, 0.3) is 10.9 Å². The van der Waals surface area contributed by atoms with Crippen molar-refractivity contribution < 1.29 is 31.4 Å². The normalized spacial score (nSPS) is 13.0. The maximum atomic E-state index is 13.1. The van der Waals surface area contributed by atoms with Gasteiger partial charge in [-0.2, -0.15) is 26.3 Å². The molecule has 0 radical (unpaired) electrons. The van der Waals surface area contributed by atoms with Crippen LogP contribution in [0, 0.1) is 0 Å². The number of aliphatic imine (C=N–C) groups is 1. The van der Waals surface area contributed by atoms with E-state index in [1.165, 1.54) is 0 Å². The summed E-state index contributed by atoms with van der Waals surface area (Å²) in [6, 6.07) is 7.54. The minimum Gasteiger partial charge on any atom is -0.494 e. The summed E-state index contributed by atoms with van der Waals surface area (Å²) in [5.41, 5.74) is -2.86. The van der Waals surface area contributed by atoms with Gasteiger partial charge in [-0.3, -0.25) is 4.99 Å². The summed E-state index contributed by atoms with van der Waals surface area (Å²) >= 11 is 0. The van der Waals surface area contributed by atoms with Gasteiger partial charge in [-0.05, 0) is 24.3 Å². The van der Waals surface area contributed by atoms with Gasteiger partial charge < -0.3 is 10.1 Å². The van der Waals surface area contributed by atoms with Crippen molar-refractivity contribution in [3.05, 3.63) is 59.2 Å². The van der Waals surface area contributed by atoms with Gasteiger partial charge in [0.1, 0.15) is 0 Å². The number of aromatic amines is 1. The Morgan fingerprint density at radius 2 is 1.62 bits per heavy atom. The molecule has 1 aromatic heterocycles. The van der Waals surface area contributed by atoms with Crippen LogP contribution in [0.1, 0.15) is 16.7 Å². The van der Waals surface area contributed by atoms with Crippen molar-refractivity contribution in [2.75, 3.05) is 0 Å². The number of H-pyrrole nitrogens is 1.